The van der Waals surface area contributed by atoms with Crippen LogP contribution in [0.2, 0.25) is 0 Å². The highest BCUT2D eigenvalue weighted by Crippen LogP contribution is 2.32. The summed E-state index contributed by atoms with van der Waals surface area (Å²) in [7, 11) is 0. The zero-order chi connectivity index (χ0) is 19.8. The van der Waals surface area contributed by atoms with Gasteiger partial charge < -0.3 is 4.90 Å². The molecule has 4 rings (SSSR count). The van der Waals surface area contributed by atoms with Crippen molar-refractivity contribution in [3.63, 3.8) is 0 Å². The maximum absolute atomic E-state index is 13.7. The number of benzene rings is 1. The van der Waals surface area contributed by atoms with E-state index >= 15 is 0 Å². The Balaban J connectivity index is 1.93. The molecule has 1 aliphatic heterocycles. The van der Waals surface area contributed by atoms with Crippen LogP contribution in [0.5, 0.6) is 0 Å². The van der Waals surface area contributed by atoms with E-state index in [4.69, 9.17) is 4.98 Å². The van der Waals surface area contributed by atoms with Gasteiger partial charge in [0, 0.05) is 36.3 Å². The second-order valence-corrected chi connectivity index (χ2v) is 7.91. The van der Waals surface area contributed by atoms with E-state index in [2.05, 4.69) is 38.0 Å². The van der Waals surface area contributed by atoms with E-state index in [0.29, 0.717) is 0 Å². The average Bonchev–Trinajstić information content (AvgIpc) is 3.16. The van der Waals surface area contributed by atoms with Crippen molar-refractivity contribution >= 4 is 16.8 Å². The van der Waals surface area contributed by atoms with Gasteiger partial charge in [-0.2, -0.15) is 5.10 Å². The number of pyridine rings is 1. The summed E-state index contributed by atoms with van der Waals surface area (Å²) >= 11 is 0. The molecule has 1 amide bonds. The predicted molar refractivity (Wildman–Crippen MR) is 112 cm³/mol. The van der Waals surface area contributed by atoms with Crippen molar-refractivity contribution in [1.29, 1.82) is 0 Å². The average molecular weight is 377 g/mol. The number of aryl methyl sites for hydroxylation is 2. The highest BCUT2D eigenvalue weighted by atomic mass is 16.2. The number of aromatic nitrogens is 3. The summed E-state index contributed by atoms with van der Waals surface area (Å²) in [5.41, 5.74) is 5.55. The lowest BCUT2D eigenvalue weighted by atomic mass is 9.95. The number of rotatable bonds is 3. The van der Waals surface area contributed by atoms with E-state index in [1.54, 1.807) is 0 Å². The molecule has 0 saturated carbocycles. The number of piperidine rings is 1. The Morgan fingerprint density at radius 1 is 1.25 bits per heavy atom. The van der Waals surface area contributed by atoms with E-state index in [0.717, 1.165) is 64.8 Å². The van der Waals surface area contributed by atoms with E-state index in [1.807, 2.05) is 35.0 Å². The fraction of sp³-hybridized carbons (Fsp3) is 0.435. The van der Waals surface area contributed by atoms with Gasteiger partial charge >= 0.3 is 0 Å². The normalized spacial score (nSPS) is 17.3. The molecular weight excluding hydrogens is 348 g/mol. The first-order valence-electron chi connectivity index (χ1n) is 10.2. The molecule has 5 nitrogen and oxygen atoms in total. The molecule has 0 unspecified atom stereocenters. The number of hydrogen-bond donors (Lipinski definition) is 0. The highest BCUT2D eigenvalue weighted by molar-refractivity contribution is 6.09. The van der Waals surface area contributed by atoms with Crippen LogP contribution < -0.4 is 0 Å². The van der Waals surface area contributed by atoms with Gasteiger partial charge in [-0.15, -0.1) is 0 Å². The summed E-state index contributed by atoms with van der Waals surface area (Å²) in [5.74, 6) is 0.131. The summed E-state index contributed by atoms with van der Waals surface area (Å²) in [5, 5.41) is 5.35. The Bertz CT molecular complexity index is 1040. The van der Waals surface area contributed by atoms with Crippen LogP contribution in [0.4, 0.5) is 0 Å². The molecule has 28 heavy (non-hydrogen) atoms. The molecule has 0 N–H and O–H groups in total. The number of carbonyl (C=O) groups excluding carboxylic acids is 1. The minimum absolute atomic E-state index is 0.131. The van der Waals surface area contributed by atoms with Gasteiger partial charge in [-0.05, 0) is 64.7 Å². The SMILES string of the molecule is CCn1cc(-c2nc3ccc(C)cc3c(C(=O)N3CCCC[C@@H]3C)c2C)cn1. The molecule has 1 aliphatic rings. The quantitative estimate of drug-likeness (QED) is 0.663. The van der Waals surface area contributed by atoms with Gasteiger partial charge in [0.15, 0.2) is 0 Å². The molecule has 5 heteroatoms. The molecule has 0 spiro atoms. The minimum atomic E-state index is 0.131. The van der Waals surface area contributed by atoms with E-state index in [1.165, 1.54) is 6.42 Å². The van der Waals surface area contributed by atoms with Crippen LogP contribution in [0.15, 0.2) is 30.6 Å². The molecule has 3 aromatic rings. The van der Waals surface area contributed by atoms with Crippen LogP contribution in [-0.2, 0) is 6.54 Å². The topological polar surface area (TPSA) is 51.0 Å². The number of carbonyl (C=O) groups is 1. The summed E-state index contributed by atoms with van der Waals surface area (Å²) in [4.78, 5) is 20.6. The Morgan fingerprint density at radius 3 is 2.79 bits per heavy atom. The summed E-state index contributed by atoms with van der Waals surface area (Å²) in [6, 6.07) is 6.45. The Labute approximate surface area is 166 Å². The van der Waals surface area contributed by atoms with E-state index < -0.39 is 0 Å². The van der Waals surface area contributed by atoms with E-state index in [9.17, 15) is 4.79 Å². The number of fused-ring (bicyclic) bond motifs is 1. The number of hydrogen-bond acceptors (Lipinski definition) is 3. The largest absolute Gasteiger partial charge is 0.336 e. The maximum atomic E-state index is 13.7. The molecule has 146 valence electrons. The molecule has 0 aliphatic carbocycles. The van der Waals surface area contributed by atoms with Gasteiger partial charge in [-0.1, -0.05) is 11.6 Å². The van der Waals surface area contributed by atoms with Crippen molar-refractivity contribution < 1.29 is 4.79 Å². The van der Waals surface area contributed by atoms with Gasteiger partial charge in [0.25, 0.3) is 5.91 Å². The monoisotopic (exact) mass is 376 g/mol. The second kappa shape index (κ2) is 7.38. The van der Waals surface area contributed by atoms with Gasteiger partial charge in [-0.25, -0.2) is 4.98 Å². The highest BCUT2D eigenvalue weighted by Gasteiger charge is 2.28. The van der Waals surface area contributed by atoms with Crippen LogP contribution in [0.25, 0.3) is 22.2 Å². The van der Waals surface area contributed by atoms with Crippen LogP contribution in [0.1, 0.15) is 54.6 Å². The smallest absolute Gasteiger partial charge is 0.255 e. The summed E-state index contributed by atoms with van der Waals surface area (Å²) in [6.07, 6.45) is 7.20. The molecule has 1 saturated heterocycles. The third kappa shape index (κ3) is 3.19. The Hall–Kier alpha value is -2.69. The van der Waals surface area contributed by atoms with Crippen molar-refractivity contribution in [2.24, 2.45) is 0 Å². The lowest BCUT2D eigenvalue weighted by Gasteiger charge is -2.34. The standard InChI is InChI=1S/C23H28N4O/c1-5-26-14-18(13-24-26)22-17(4)21(19-12-15(2)9-10-20(19)25-22)23(28)27-11-7-6-8-16(27)3/h9-10,12-14,16H,5-8,11H2,1-4H3/t16-/m0/s1. The molecule has 1 aromatic carbocycles. The zero-order valence-electron chi connectivity index (χ0n) is 17.2. The molecule has 0 bridgehead atoms. The van der Waals surface area contributed by atoms with Crippen LogP contribution in [-0.4, -0.2) is 38.2 Å². The fourth-order valence-electron chi connectivity index (χ4n) is 4.23. The third-order valence-electron chi connectivity index (χ3n) is 5.89. The molecular formula is C23H28N4O. The molecule has 1 atom stereocenters. The van der Waals surface area contributed by atoms with Crippen LogP contribution in [0.3, 0.4) is 0 Å². The Morgan fingerprint density at radius 2 is 2.07 bits per heavy atom. The van der Waals surface area contributed by atoms with Crippen molar-refractivity contribution in [2.45, 2.75) is 59.5 Å². The van der Waals surface area contributed by atoms with E-state index in [-0.39, 0.29) is 11.9 Å². The minimum Gasteiger partial charge on any atom is -0.336 e. The number of likely N-dealkylation sites (tertiary alicyclic amines) is 1. The first kappa shape index (κ1) is 18.7. The van der Waals surface area contributed by atoms with Gasteiger partial charge in [-0.3, -0.25) is 9.48 Å². The summed E-state index contributed by atoms with van der Waals surface area (Å²) in [6.45, 7) is 9.95. The first-order chi connectivity index (χ1) is 13.5. The third-order valence-corrected chi connectivity index (χ3v) is 5.89. The second-order valence-electron chi connectivity index (χ2n) is 7.91. The Kier molecular flexibility index (Phi) is 4.92. The predicted octanol–water partition coefficient (Wildman–Crippen LogP) is 4.75. The molecule has 1 fully saturated rings. The molecule has 3 heterocycles. The van der Waals surface area contributed by atoms with Crippen molar-refractivity contribution in [3.8, 4) is 11.3 Å². The summed E-state index contributed by atoms with van der Waals surface area (Å²) < 4.78 is 1.89. The van der Waals surface area contributed by atoms with Crippen LogP contribution in [0, 0.1) is 13.8 Å². The van der Waals surface area contributed by atoms with Crippen LogP contribution >= 0.6 is 0 Å². The molecule has 0 radical (unpaired) electrons. The maximum Gasteiger partial charge on any atom is 0.255 e. The van der Waals surface area contributed by atoms with Crippen molar-refractivity contribution in [3.05, 3.63) is 47.3 Å². The van der Waals surface area contributed by atoms with Gasteiger partial charge in [0.2, 0.25) is 0 Å². The lowest BCUT2D eigenvalue weighted by Crippen LogP contribution is -2.42. The van der Waals surface area contributed by atoms with Crippen molar-refractivity contribution in [1.82, 2.24) is 19.7 Å². The van der Waals surface area contributed by atoms with Gasteiger partial charge in [0.1, 0.15) is 0 Å². The first-order valence-corrected chi connectivity index (χ1v) is 10.2. The van der Waals surface area contributed by atoms with Crippen molar-refractivity contribution in [2.75, 3.05) is 6.54 Å². The number of nitrogens with zero attached hydrogens (tertiary/aromatic N) is 4. The molecule has 2 aromatic heterocycles. The van der Waals surface area contributed by atoms with Gasteiger partial charge in [0.05, 0.1) is 23.0 Å². The lowest BCUT2D eigenvalue weighted by molar-refractivity contribution is 0.0637. The number of amides is 1. The zero-order valence-corrected chi connectivity index (χ0v) is 17.2. The fourth-order valence-corrected chi connectivity index (χ4v) is 4.23.